The minimum Gasteiger partial charge on any atom is -0.394 e. The highest BCUT2D eigenvalue weighted by molar-refractivity contribution is 5.82. The first-order chi connectivity index (χ1) is 6.95. The molecule has 1 aliphatic rings. The predicted molar refractivity (Wildman–Crippen MR) is 56.3 cm³/mol. The van der Waals surface area contributed by atoms with Crippen molar-refractivity contribution in [1.82, 2.24) is 0 Å². The van der Waals surface area contributed by atoms with Gasteiger partial charge in [0.15, 0.2) is 0 Å². The zero-order valence-electron chi connectivity index (χ0n) is 9.91. The van der Waals surface area contributed by atoms with Crippen molar-refractivity contribution in [2.45, 2.75) is 46.6 Å². The fourth-order valence-corrected chi connectivity index (χ4v) is 1.02. The number of hydrogen-bond donors (Lipinski definition) is 0. The minimum absolute atomic E-state index is 0.562. The van der Waals surface area contributed by atoms with Crippen LogP contribution < -0.4 is 0 Å². The van der Waals surface area contributed by atoms with Gasteiger partial charge in [0, 0.05) is 13.8 Å². The summed E-state index contributed by atoms with van der Waals surface area (Å²) in [4.78, 5) is 19.6. The van der Waals surface area contributed by atoms with Crippen LogP contribution in [0, 0.1) is 5.92 Å². The van der Waals surface area contributed by atoms with E-state index in [1.54, 1.807) is 0 Å². The van der Waals surface area contributed by atoms with E-state index in [9.17, 15) is 9.59 Å². The molecule has 2 atom stereocenters. The number of esters is 2. The Balaban J connectivity index is 0.000000265. The molecule has 1 saturated heterocycles. The molecular weight excluding hydrogens is 196 g/mol. The summed E-state index contributed by atoms with van der Waals surface area (Å²) in [6.07, 6.45) is 3.20. The zero-order chi connectivity index (χ0) is 11.8. The van der Waals surface area contributed by atoms with E-state index in [-0.39, 0.29) is 0 Å². The van der Waals surface area contributed by atoms with Gasteiger partial charge in [-0.05, 0) is 12.3 Å². The van der Waals surface area contributed by atoms with Gasteiger partial charge >= 0.3 is 11.9 Å². The summed E-state index contributed by atoms with van der Waals surface area (Å²) in [7, 11) is 0. The van der Waals surface area contributed by atoms with Crippen LogP contribution in [0.15, 0.2) is 0 Å². The van der Waals surface area contributed by atoms with Gasteiger partial charge in [-0.1, -0.05) is 20.3 Å². The highest BCUT2D eigenvalue weighted by Crippen LogP contribution is 2.20. The first-order valence-electron chi connectivity index (χ1n) is 5.26. The van der Waals surface area contributed by atoms with Gasteiger partial charge in [0.05, 0.1) is 12.7 Å². The van der Waals surface area contributed by atoms with E-state index in [4.69, 9.17) is 4.74 Å². The van der Waals surface area contributed by atoms with Crippen LogP contribution >= 0.6 is 0 Å². The molecule has 1 rings (SSSR count). The summed E-state index contributed by atoms with van der Waals surface area (Å²) in [6.45, 7) is 7.89. The molecule has 0 spiro atoms. The van der Waals surface area contributed by atoms with E-state index in [0.717, 1.165) is 12.5 Å². The third kappa shape index (κ3) is 11.0. The van der Waals surface area contributed by atoms with E-state index in [0.29, 0.717) is 6.10 Å². The fraction of sp³-hybridized carbons (Fsp3) is 0.818. The normalized spacial score (nSPS) is 19.6. The van der Waals surface area contributed by atoms with Crippen molar-refractivity contribution < 1.29 is 19.1 Å². The molecule has 1 fully saturated rings. The van der Waals surface area contributed by atoms with Crippen LogP contribution in [0.2, 0.25) is 0 Å². The smallest absolute Gasteiger partial charge is 0.310 e. The monoisotopic (exact) mass is 216 g/mol. The molecule has 1 heterocycles. The molecule has 0 bridgehead atoms. The second-order valence-corrected chi connectivity index (χ2v) is 3.79. The molecular formula is C11H20O4. The number of ether oxygens (including phenoxy) is 2. The lowest BCUT2D eigenvalue weighted by molar-refractivity contribution is -0.156. The molecule has 4 heteroatoms. The maximum atomic E-state index is 9.81. The van der Waals surface area contributed by atoms with E-state index >= 15 is 0 Å². The molecule has 0 amide bonds. The summed E-state index contributed by atoms with van der Waals surface area (Å²) in [6, 6.07) is 0. The molecule has 0 aliphatic carbocycles. The Morgan fingerprint density at radius 2 is 1.87 bits per heavy atom. The molecule has 0 aromatic carbocycles. The Kier molecular flexibility index (Phi) is 6.96. The second-order valence-electron chi connectivity index (χ2n) is 3.79. The molecule has 4 nitrogen and oxygen atoms in total. The van der Waals surface area contributed by atoms with E-state index in [1.165, 1.54) is 26.7 Å². The van der Waals surface area contributed by atoms with Gasteiger partial charge in [-0.25, -0.2) is 0 Å². The quantitative estimate of drug-likeness (QED) is 0.411. The van der Waals surface area contributed by atoms with Gasteiger partial charge in [0.2, 0.25) is 0 Å². The van der Waals surface area contributed by atoms with Gasteiger partial charge in [0.1, 0.15) is 0 Å². The average Bonchev–Trinajstić information content (AvgIpc) is 2.86. The van der Waals surface area contributed by atoms with Gasteiger partial charge in [0.25, 0.3) is 0 Å². The summed E-state index contributed by atoms with van der Waals surface area (Å²) in [5.41, 5.74) is 0. The van der Waals surface area contributed by atoms with Gasteiger partial charge in [-0.15, -0.1) is 0 Å². The lowest BCUT2D eigenvalue weighted by Gasteiger charge is -2.02. The van der Waals surface area contributed by atoms with Crippen molar-refractivity contribution in [1.29, 1.82) is 0 Å². The standard InChI is InChI=1S/C7H14O.C4H6O3/c1-3-6(2)4-7-5-8-7;1-3(5)7-4(2)6/h6-7H,3-5H2,1-2H3;1-2H3. The maximum Gasteiger partial charge on any atom is 0.310 e. The van der Waals surface area contributed by atoms with Crippen LogP contribution in [-0.2, 0) is 19.1 Å². The summed E-state index contributed by atoms with van der Waals surface area (Å²) in [5.74, 6) is -0.262. The highest BCUT2D eigenvalue weighted by atomic mass is 16.6. The second kappa shape index (κ2) is 7.40. The average molecular weight is 216 g/mol. The SMILES string of the molecule is CC(=O)OC(C)=O.CCC(C)CC1CO1. The van der Waals surface area contributed by atoms with Gasteiger partial charge in [-0.3, -0.25) is 9.59 Å². The van der Waals surface area contributed by atoms with Crippen LogP contribution in [-0.4, -0.2) is 24.6 Å². The maximum absolute atomic E-state index is 9.81. The molecule has 15 heavy (non-hydrogen) atoms. The first kappa shape index (κ1) is 14.1. The number of rotatable bonds is 3. The first-order valence-corrected chi connectivity index (χ1v) is 5.26. The molecule has 0 radical (unpaired) electrons. The number of carbonyl (C=O) groups excluding carboxylic acids is 2. The Bertz CT molecular complexity index is 197. The summed E-state index contributed by atoms with van der Waals surface area (Å²) >= 11 is 0. The van der Waals surface area contributed by atoms with Gasteiger partial charge in [-0.2, -0.15) is 0 Å². The molecule has 88 valence electrons. The number of epoxide rings is 1. The van der Waals surface area contributed by atoms with Crippen molar-refractivity contribution in [2.24, 2.45) is 5.92 Å². The predicted octanol–water partition coefficient (Wildman–Crippen LogP) is 1.92. The lowest BCUT2D eigenvalue weighted by Crippen LogP contribution is -2.03. The third-order valence-corrected chi connectivity index (χ3v) is 2.05. The number of carbonyl (C=O) groups is 2. The molecule has 0 aromatic heterocycles. The fourth-order valence-electron chi connectivity index (χ4n) is 1.02. The largest absolute Gasteiger partial charge is 0.394 e. The Morgan fingerprint density at radius 3 is 2.07 bits per heavy atom. The van der Waals surface area contributed by atoms with E-state index in [1.807, 2.05) is 0 Å². The van der Waals surface area contributed by atoms with Crippen molar-refractivity contribution in [2.75, 3.05) is 6.61 Å². The molecule has 1 aliphatic heterocycles. The van der Waals surface area contributed by atoms with Gasteiger partial charge < -0.3 is 9.47 Å². The highest BCUT2D eigenvalue weighted by Gasteiger charge is 2.23. The zero-order valence-corrected chi connectivity index (χ0v) is 9.91. The summed E-state index contributed by atoms with van der Waals surface area (Å²) in [5, 5.41) is 0. The van der Waals surface area contributed by atoms with Crippen molar-refractivity contribution in [3.63, 3.8) is 0 Å². The third-order valence-electron chi connectivity index (χ3n) is 2.05. The molecule has 0 aromatic rings. The molecule has 0 saturated carbocycles. The summed E-state index contributed by atoms with van der Waals surface area (Å²) < 4.78 is 9.05. The Morgan fingerprint density at radius 1 is 1.40 bits per heavy atom. The Hall–Kier alpha value is -0.900. The van der Waals surface area contributed by atoms with Crippen molar-refractivity contribution in [3.05, 3.63) is 0 Å². The van der Waals surface area contributed by atoms with E-state index < -0.39 is 11.9 Å². The van der Waals surface area contributed by atoms with E-state index in [2.05, 4.69) is 18.6 Å². The topological polar surface area (TPSA) is 55.9 Å². The van der Waals surface area contributed by atoms with Crippen molar-refractivity contribution in [3.8, 4) is 0 Å². The van der Waals surface area contributed by atoms with Crippen LogP contribution in [0.5, 0.6) is 0 Å². The molecule has 2 unspecified atom stereocenters. The van der Waals surface area contributed by atoms with Crippen LogP contribution in [0.1, 0.15) is 40.5 Å². The number of hydrogen-bond acceptors (Lipinski definition) is 4. The van der Waals surface area contributed by atoms with Crippen molar-refractivity contribution >= 4 is 11.9 Å². The van der Waals surface area contributed by atoms with Crippen LogP contribution in [0.25, 0.3) is 0 Å². The van der Waals surface area contributed by atoms with Crippen LogP contribution in [0.4, 0.5) is 0 Å². The Labute approximate surface area is 90.9 Å². The lowest BCUT2D eigenvalue weighted by atomic mass is 10.0. The minimum atomic E-state index is -0.562. The molecule has 0 N–H and O–H groups in total. The van der Waals surface area contributed by atoms with Crippen LogP contribution in [0.3, 0.4) is 0 Å².